The summed E-state index contributed by atoms with van der Waals surface area (Å²) in [7, 11) is 1.62. The van der Waals surface area contributed by atoms with Gasteiger partial charge in [-0.15, -0.1) is 0 Å². The Morgan fingerprint density at radius 1 is 1.29 bits per heavy atom. The third kappa shape index (κ3) is 2.93. The van der Waals surface area contributed by atoms with E-state index in [0.29, 0.717) is 13.0 Å². The minimum Gasteiger partial charge on any atom is -0.497 e. The summed E-state index contributed by atoms with van der Waals surface area (Å²) in [6, 6.07) is 5.21. The molecule has 3 aliphatic rings. The first-order valence-electron chi connectivity index (χ1n) is 10.1. The lowest BCUT2D eigenvalue weighted by Gasteiger charge is -2.37. The number of carbonyl (C=O) groups is 3. The maximum absolute atomic E-state index is 13.1. The molecule has 0 radical (unpaired) electrons. The molecule has 7 heteroatoms. The molecule has 2 atom stereocenters. The summed E-state index contributed by atoms with van der Waals surface area (Å²) in [5, 5.41) is 2.91. The van der Waals surface area contributed by atoms with Crippen LogP contribution in [0.15, 0.2) is 18.2 Å². The molecule has 150 valence electrons. The minimum absolute atomic E-state index is 0.0842. The third-order valence-electron chi connectivity index (χ3n) is 6.50. The molecule has 2 aliphatic heterocycles. The number of benzene rings is 1. The van der Waals surface area contributed by atoms with E-state index >= 15 is 0 Å². The number of ether oxygens (including phenoxy) is 1. The van der Waals surface area contributed by atoms with Gasteiger partial charge in [0.05, 0.1) is 7.11 Å². The van der Waals surface area contributed by atoms with Crippen molar-refractivity contribution in [3.05, 3.63) is 23.8 Å². The van der Waals surface area contributed by atoms with Crippen LogP contribution in [-0.2, 0) is 16.0 Å². The maximum Gasteiger partial charge on any atom is 0.325 e. The number of methoxy groups -OCH3 is 1. The molecule has 1 saturated carbocycles. The number of hydrogen-bond acceptors (Lipinski definition) is 4. The predicted octanol–water partition coefficient (Wildman–Crippen LogP) is 2.48. The van der Waals surface area contributed by atoms with Gasteiger partial charge in [0.15, 0.2) is 0 Å². The molecule has 28 heavy (non-hydrogen) atoms. The number of hydrogen-bond donors (Lipinski definition) is 1. The van der Waals surface area contributed by atoms with Gasteiger partial charge in [-0.1, -0.05) is 19.8 Å². The van der Waals surface area contributed by atoms with Crippen molar-refractivity contribution in [2.75, 3.05) is 25.1 Å². The fourth-order valence-corrected chi connectivity index (χ4v) is 4.82. The van der Waals surface area contributed by atoms with Gasteiger partial charge in [0, 0.05) is 12.2 Å². The van der Waals surface area contributed by atoms with Gasteiger partial charge >= 0.3 is 6.03 Å². The van der Waals surface area contributed by atoms with Gasteiger partial charge in [0.1, 0.15) is 17.8 Å². The van der Waals surface area contributed by atoms with Crippen LogP contribution in [0.4, 0.5) is 10.5 Å². The Bertz CT molecular complexity index is 824. The Morgan fingerprint density at radius 2 is 2.11 bits per heavy atom. The standard InChI is InChI=1S/C21H27N3O4/c1-14-6-3-4-10-21(14)19(26)24(20(27)22-21)13-18(25)23-11-5-7-15-12-16(28-2)8-9-17(15)23/h8-9,12,14H,3-7,10-11,13H2,1-2H3,(H,22,27). The summed E-state index contributed by atoms with van der Waals surface area (Å²) in [5.41, 5.74) is 1.06. The van der Waals surface area contributed by atoms with Gasteiger partial charge < -0.3 is 15.0 Å². The van der Waals surface area contributed by atoms with Crippen molar-refractivity contribution >= 4 is 23.5 Å². The van der Waals surface area contributed by atoms with E-state index in [4.69, 9.17) is 4.74 Å². The number of fused-ring (bicyclic) bond motifs is 1. The first kappa shape index (κ1) is 18.8. The molecule has 1 N–H and O–H groups in total. The van der Waals surface area contributed by atoms with E-state index in [9.17, 15) is 14.4 Å². The second-order valence-corrected chi connectivity index (χ2v) is 8.08. The molecule has 1 spiro atoms. The highest BCUT2D eigenvalue weighted by atomic mass is 16.5. The lowest BCUT2D eigenvalue weighted by atomic mass is 9.73. The fraction of sp³-hybridized carbons (Fsp3) is 0.571. The molecule has 0 bridgehead atoms. The van der Waals surface area contributed by atoms with Crippen LogP contribution in [0, 0.1) is 5.92 Å². The second-order valence-electron chi connectivity index (χ2n) is 8.08. The van der Waals surface area contributed by atoms with E-state index in [1.165, 1.54) is 0 Å². The Labute approximate surface area is 165 Å². The number of nitrogens with one attached hydrogen (secondary N) is 1. The molecule has 4 rings (SSSR count). The molecule has 2 fully saturated rings. The molecule has 1 saturated heterocycles. The van der Waals surface area contributed by atoms with Crippen LogP contribution in [0.1, 0.15) is 44.6 Å². The van der Waals surface area contributed by atoms with Crippen LogP contribution in [0.3, 0.4) is 0 Å². The van der Waals surface area contributed by atoms with E-state index < -0.39 is 11.6 Å². The van der Waals surface area contributed by atoms with Gasteiger partial charge in [0.25, 0.3) is 5.91 Å². The third-order valence-corrected chi connectivity index (χ3v) is 6.50. The number of imide groups is 1. The number of anilines is 1. The Balaban J connectivity index is 1.53. The zero-order valence-corrected chi connectivity index (χ0v) is 16.5. The summed E-state index contributed by atoms with van der Waals surface area (Å²) >= 11 is 0. The summed E-state index contributed by atoms with van der Waals surface area (Å²) in [6.45, 7) is 2.38. The SMILES string of the molecule is COc1ccc2c(c1)CCCN2C(=O)CN1C(=O)NC2(CCCCC2C)C1=O. The monoisotopic (exact) mass is 385 g/mol. The second kappa shape index (κ2) is 7.11. The normalized spacial score (nSPS) is 27.0. The summed E-state index contributed by atoms with van der Waals surface area (Å²) in [4.78, 5) is 41.5. The first-order valence-corrected chi connectivity index (χ1v) is 10.1. The number of rotatable bonds is 3. The molecule has 0 aromatic heterocycles. The molecule has 2 unspecified atom stereocenters. The van der Waals surface area contributed by atoms with Crippen LogP contribution in [0.5, 0.6) is 5.75 Å². The number of aryl methyl sites for hydroxylation is 1. The van der Waals surface area contributed by atoms with Crippen LogP contribution in [-0.4, -0.2) is 48.5 Å². The van der Waals surface area contributed by atoms with Gasteiger partial charge in [-0.2, -0.15) is 0 Å². The minimum atomic E-state index is -0.831. The highest BCUT2D eigenvalue weighted by molar-refractivity contribution is 6.10. The zero-order valence-electron chi connectivity index (χ0n) is 16.5. The molecule has 1 aliphatic carbocycles. The summed E-state index contributed by atoms with van der Waals surface area (Å²) < 4.78 is 5.28. The molecule has 7 nitrogen and oxygen atoms in total. The molecule has 1 aromatic rings. The van der Waals surface area contributed by atoms with Crippen LogP contribution >= 0.6 is 0 Å². The van der Waals surface area contributed by atoms with E-state index in [-0.39, 0.29) is 24.3 Å². The van der Waals surface area contributed by atoms with Gasteiger partial charge in [-0.25, -0.2) is 4.79 Å². The van der Waals surface area contributed by atoms with Gasteiger partial charge in [-0.3, -0.25) is 14.5 Å². The lowest BCUT2D eigenvalue weighted by molar-refractivity contribution is -0.136. The fourth-order valence-electron chi connectivity index (χ4n) is 4.82. The average molecular weight is 385 g/mol. The van der Waals surface area contributed by atoms with Crippen molar-refractivity contribution in [1.82, 2.24) is 10.2 Å². The number of amides is 4. The maximum atomic E-state index is 13.1. The molecular formula is C21H27N3O4. The molecule has 1 aromatic carbocycles. The summed E-state index contributed by atoms with van der Waals surface area (Å²) in [6.07, 6.45) is 5.26. The van der Waals surface area contributed by atoms with Crippen molar-refractivity contribution < 1.29 is 19.1 Å². The van der Waals surface area contributed by atoms with Crippen molar-refractivity contribution in [3.8, 4) is 5.75 Å². The Kier molecular flexibility index (Phi) is 4.77. The quantitative estimate of drug-likeness (QED) is 0.811. The van der Waals surface area contributed by atoms with E-state index in [0.717, 1.165) is 54.0 Å². The summed E-state index contributed by atoms with van der Waals surface area (Å²) in [5.74, 6) is 0.372. The predicted molar refractivity (Wildman–Crippen MR) is 104 cm³/mol. The van der Waals surface area contributed by atoms with Crippen molar-refractivity contribution in [2.24, 2.45) is 5.92 Å². The number of carbonyl (C=O) groups excluding carboxylic acids is 3. The van der Waals surface area contributed by atoms with Gasteiger partial charge in [-0.05, 0) is 55.4 Å². The molecule has 2 heterocycles. The highest BCUT2D eigenvalue weighted by Gasteiger charge is 2.55. The van der Waals surface area contributed by atoms with Crippen molar-refractivity contribution in [2.45, 2.75) is 51.0 Å². The van der Waals surface area contributed by atoms with E-state index in [1.54, 1.807) is 12.0 Å². The zero-order chi connectivity index (χ0) is 19.9. The Hall–Kier alpha value is -2.57. The Morgan fingerprint density at radius 3 is 2.86 bits per heavy atom. The van der Waals surface area contributed by atoms with E-state index in [1.807, 2.05) is 25.1 Å². The van der Waals surface area contributed by atoms with Crippen LogP contribution in [0.25, 0.3) is 0 Å². The topological polar surface area (TPSA) is 79.0 Å². The van der Waals surface area contributed by atoms with Gasteiger partial charge in [0.2, 0.25) is 5.91 Å². The number of urea groups is 1. The average Bonchev–Trinajstić information content (AvgIpc) is 2.94. The van der Waals surface area contributed by atoms with Crippen LogP contribution in [0.2, 0.25) is 0 Å². The number of nitrogens with zero attached hydrogens (tertiary/aromatic N) is 2. The lowest BCUT2D eigenvalue weighted by Crippen LogP contribution is -2.54. The molecular weight excluding hydrogens is 358 g/mol. The first-order chi connectivity index (χ1) is 13.5. The van der Waals surface area contributed by atoms with Crippen molar-refractivity contribution in [1.29, 1.82) is 0 Å². The van der Waals surface area contributed by atoms with E-state index in [2.05, 4.69) is 5.32 Å². The molecule has 4 amide bonds. The largest absolute Gasteiger partial charge is 0.497 e. The van der Waals surface area contributed by atoms with Crippen LogP contribution < -0.4 is 15.0 Å². The highest BCUT2D eigenvalue weighted by Crippen LogP contribution is 2.38. The van der Waals surface area contributed by atoms with Crippen molar-refractivity contribution in [3.63, 3.8) is 0 Å². The smallest absolute Gasteiger partial charge is 0.325 e.